The van der Waals surface area contributed by atoms with Crippen molar-refractivity contribution in [2.45, 2.75) is 27.3 Å². The van der Waals surface area contributed by atoms with Gasteiger partial charge in [0, 0.05) is 24.3 Å². The molecule has 0 bridgehead atoms. The number of benzene rings is 1. The van der Waals surface area contributed by atoms with Gasteiger partial charge in [0.2, 0.25) is 0 Å². The number of carbonyl (C=O) groups is 1. The second kappa shape index (κ2) is 6.93. The lowest BCUT2D eigenvalue weighted by Gasteiger charge is -2.11. The van der Waals surface area contributed by atoms with Gasteiger partial charge in [0.05, 0.1) is 23.5 Å². The van der Waals surface area contributed by atoms with E-state index in [1.807, 2.05) is 30.5 Å². The topological polar surface area (TPSA) is 56.1 Å². The highest BCUT2D eigenvalue weighted by Crippen LogP contribution is 2.34. The summed E-state index contributed by atoms with van der Waals surface area (Å²) in [6.45, 7) is 6.36. The largest absolute Gasteiger partial charge is 0.461 e. The summed E-state index contributed by atoms with van der Waals surface area (Å²) in [7, 11) is 0. The fourth-order valence-electron chi connectivity index (χ4n) is 2.92. The Balaban J connectivity index is 2.21. The van der Waals surface area contributed by atoms with Gasteiger partial charge in [-0.2, -0.15) is 0 Å². The Kier molecular flexibility index (Phi) is 4.70. The van der Waals surface area contributed by atoms with E-state index in [2.05, 4.69) is 10.3 Å². The summed E-state index contributed by atoms with van der Waals surface area (Å²) in [6.07, 6.45) is 3.33. The minimum Gasteiger partial charge on any atom is -0.461 e. The van der Waals surface area contributed by atoms with Crippen LogP contribution >= 0.6 is 0 Å². The number of hydrogen-bond donors (Lipinski definition) is 1. The van der Waals surface area contributed by atoms with Crippen LogP contribution in [0.1, 0.15) is 29.9 Å². The quantitative estimate of drug-likeness (QED) is 0.698. The fourth-order valence-corrected chi connectivity index (χ4v) is 2.92. The van der Waals surface area contributed by atoms with Crippen LogP contribution in [0.5, 0.6) is 0 Å². The molecule has 0 atom stereocenters. The predicted octanol–water partition coefficient (Wildman–Crippen LogP) is 4.42. The molecular weight excluding hydrogens is 321 g/mol. The maximum atomic E-state index is 14.3. The van der Waals surface area contributed by atoms with E-state index in [-0.39, 0.29) is 12.4 Å². The Morgan fingerprint density at radius 3 is 2.80 bits per heavy atom. The van der Waals surface area contributed by atoms with Gasteiger partial charge in [-0.05, 0) is 44.5 Å². The average molecular weight is 341 g/mol. The summed E-state index contributed by atoms with van der Waals surface area (Å²) in [4.78, 5) is 16.7. The van der Waals surface area contributed by atoms with Crippen LogP contribution < -0.4 is 5.32 Å². The van der Waals surface area contributed by atoms with Gasteiger partial charge in [0.15, 0.2) is 5.69 Å². The number of hydrogen-bond acceptors (Lipinski definition) is 4. The van der Waals surface area contributed by atoms with Crippen LogP contribution in [0.2, 0.25) is 0 Å². The first kappa shape index (κ1) is 17.0. The van der Waals surface area contributed by atoms with Gasteiger partial charge < -0.3 is 14.6 Å². The maximum Gasteiger partial charge on any atom is 0.357 e. The molecular formula is C19H20FN3O2. The van der Waals surface area contributed by atoms with E-state index in [4.69, 9.17) is 4.74 Å². The first-order valence-corrected chi connectivity index (χ1v) is 8.23. The van der Waals surface area contributed by atoms with Crippen molar-refractivity contribution in [3.05, 3.63) is 53.7 Å². The van der Waals surface area contributed by atoms with Crippen molar-refractivity contribution >= 4 is 28.2 Å². The normalized spacial score (nSPS) is 10.9. The number of fused-ring (bicyclic) bond motifs is 1. The Hall–Kier alpha value is -2.89. The van der Waals surface area contributed by atoms with Crippen molar-refractivity contribution in [2.24, 2.45) is 0 Å². The molecule has 1 aromatic carbocycles. The van der Waals surface area contributed by atoms with Gasteiger partial charge in [-0.1, -0.05) is 6.07 Å². The van der Waals surface area contributed by atoms with E-state index in [1.165, 1.54) is 6.07 Å². The van der Waals surface area contributed by atoms with Crippen molar-refractivity contribution in [1.82, 2.24) is 9.55 Å². The SMILES string of the molecule is CCOC(=O)c1c(Nc2ccc(C)cc2F)c2cnccc2n1CC. The number of carbonyl (C=O) groups excluding carboxylic acids is 1. The Morgan fingerprint density at radius 1 is 1.32 bits per heavy atom. The van der Waals surface area contributed by atoms with Gasteiger partial charge in [0.25, 0.3) is 0 Å². The smallest absolute Gasteiger partial charge is 0.357 e. The number of aromatic nitrogens is 2. The molecule has 0 unspecified atom stereocenters. The molecule has 0 aliphatic heterocycles. The number of halogens is 1. The number of aryl methyl sites for hydroxylation is 2. The molecule has 0 radical (unpaired) electrons. The van der Waals surface area contributed by atoms with Gasteiger partial charge in [-0.25, -0.2) is 9.18 Å². The Bertz CT molecular complexity index is 934. The van der Waals surface area contributed by atoms with E-state index in [1.54, 1.807) is 25.4 Å². The zero-order valence-electron chi connectivity index (χ0n) is 14.5. The number of esters is 1. The van der Waals surface area contributed by atoms with Crippen molar-refractivity contribution in [3.8, 4) is 0 Å². The zero-order chi connectivity index (χ0) is 18.0. The molecule has 130 valence electrons. The number of pyridine rings is 1. The van der Waals surface area contributed by atoms with Crippen molar-refractivity contribution in [2.75, 3.05) is 11.9 Å². The van der Waals surface area contributed by atoms with E-state index >= 15 is 0 Å². The first-order chi connectivity index (χ1) is 12.1. The van der Waals surface area contributed by atoms with Crippen molar-refractivity contribution in [3.63, 3.8) is 0 Å². The van der Waals surface area contributed by atoms with Crippen LogP contribution in [0, 0.1) is 12.7 Å². The van der Waals surface area contributed by atoms with E-state index in [9.17, 15) is 9.18 Å². The Morgan fingerprint density at radius 2 is 2.12 bits per heavy atom. The minimum atomic E-state index is -0.449. The lowest BCUT2D eigenvalue weighted by molar-refractivity contribution is 0.0516. The fraction of sp³-hybridized carbons (Fsp3) is 0.263. The second-order valence-corrected chi connectivity index (χ2v) is 5.69. The summed E-state index contributed by atoms with van der Waals surface area (Å²) in [5, 5.41) is 3.81. The van der Waals surface area contributed by atoms with Gasteiger partial charge >= 0.3 is 5.97 Å². The molecule has 5 nitrogen and oxygen atoms in total. The molecule has 0 aliphatic carbocycles. The van der Waals surface area contributed by atoms with Crippen LogP contribution in [-0.2, 0) is 11.3 Å². The maximum absolute atomic E-state index is 14.3. The number of rotatable bonds is 5. The summed E-state index contributed by atoms with van der Waals surface area (Å²) < 4.78 is 21.4. The monoisotopic (exact) mass is 341 g/mol. The van der Waals surface area contributed by atoms with E-state index < -0.39 is 5.97 Å². The summed E-state index contributed by atoms with van der Waals surface area (Å²) >= 11 is 0. The molecule has 0 saturated heterocycles. The van der Waals surface area contributed by atoms with Gasteiger partial charge in [0.1, 0.15) is 5.82 Å². The summed E-state index contributed by atoms with van der Waals surface area (Å²) in [6, 6.07) is 6.75. The van der Waals surface area contributed by atoms with Crippen molar-refractivity contribution in [1.29, 1.82) is 0 Å². The Labute approximate surface area is 145 Å². The number of nitrogens with zero attached hydrogens (tertiary/aromatic N) is 2. The van der Waals surface area contributed by atoms with Gasteiger partial charge in [-0.15, -0.1) is 0 Å². The molecule has 6 heteroatoms. The third-order valence-corrected chi connectivity index (χ3v) is 4.03. The molecule has 0 fully saturated rings. The second-order valence-electron chi connectivity index (χ2n) is 5.69. The first-order valence-electron chi connectivity index (χ1n) is 8.23. The molecule has 25 heavy (non-hydrogen) atoms. The third kappa shape index (κ3) is 3.07. The molecule has 2 aromatic heterocycles. The average Bonchev–Trinajstić information content (AvgIpc) is 2.91. The van der Waals surface area contributed by atoms with Crippen LogP contribution in [0.3, 0.4) is 0 Å². The summed E-state index contributed by atoms with van der Waals surface area (Å²) in [5.41, 5.74) is 2.84. The molecule has 3 aromatic rings. The number of anilines is 2. The van der Waals surface area contributed by atoms with Crippen molar-refractivity contribution < 1.29 is 13.9 Å². The van der Waals surface area contributed by atoms with Gasteiger partial charge in [-0.3, -0.25) is 4.98 Å². The highest BCUT2D eigenvalue weighted by molar-refractivity contribution is 6.07. The zero-order valence-corrected chi connectivity index (χ0v) is 14.5. The molecule has 1 N–H and O–H groups in total. The number of nitrogens with one attached hydrogen (secondary N) is 1. The van der Waals surface area contributed by atoms with Crippen LogP contribution in [0.15, 0.2) is 36.7 Å². The lowest BCUT2D eigenvalue weighted by atomic mass is 10.2. The van der Waals surface area contributed by atoms with E-state index in [0.29, 0.717) is 23.6 Å². The summed E-state index contributed by atoms with van der Waals surface area (Å²) in [5.74, 6) is -0.827. The van der Waals surface area contributed by atoms with Crippen LogP contribution in [-0.4, -0.2) is 22.1 Å². The third-order valence-electron chi connectivity index (χ3n) is 4.03. The molecule has 0 aliphatic rings. The molecule has 3 rings (SSSR count). The minimum absolute atomic E-state index is 0.265. The highest BCUT2D eigenvalue weighted by Gasteiger charge is 2.24. The van der Waals surface area contributed by atoms with Crippen LogP contribution in [0.25, 0.3) is 10.9 Å². The molecule has 0 spiro atoms. The van der Waals surface area contributed by atoms with Crippen LogP contribution in [0.4, 0.5) is 15.8 Å². The predicted molar refractivity (Wildman–Crippen MR) is 95.8 cm³/mol. The molecule has 0 amide bonds. The standard InChI is InChI=1S/C19H20FN3O2/c1-4-23-16-8-9-21-11-13(16)17(18(23)19(24)25-5-2)22-15-7-6-12(3)10-14(15)20/h6-11,22H,4-5H2,1-3H3. The highest BCUT2D eigenvalue weighted by atomic mass is 19.1. The number of ether oxygens (including phenoxy) is 1. The molecule has 2 heterocycles. The van der Waals surface area contributed by atoms with E-state index in [0.717, 1.165) is 16.5 Å². The molecule has 0 saturated carbocycles. The lowest BCUT2D eigenvalue weighted by Crippen LogP contribution is -2.13.